The number of allylic oxidation sites excluding steroid dienone is 2. The summed E-state index contributed by atoms with van der Waals surface area (Å²) in [5.74, 6) is 0. The summed E-state index contributed by atoms with van der Waals surface area (Å²) in [5, 5.41) is 10.1. The van der Waals surface area contributed by atoms with Crippen molar-refractivity contribution < 1.29 is 18.6 Å². The van der Waals surface area contributed by atoms with E-state index >= 15 is 0 Å². The number of aliphatic hydroxyl groups is 1. The van der Waals surface area contributed by atoms with Crippen molar-refractivity contribution in [2.75, 3.05) is 6.61 Å². The summed E-state index contributed by atoms with van der Waals surface area (Å²) >= 11 is 5.94. The lowest BCUT2D eigenvalue weighted by Crippen LogP contribution is -2.39. The number of alkyl halides is 2. The van der Waals surface area contributed by atoms with E-state index in [-0.39, 0.29) is 12.7 Å². The van der Waals surface area contributed by atoms with Crippen molar-refractivity contribution in [1.29, 1.82) is 0 Å². The van der Waals surface area contributed by atoms with Crippen LogP contribution in [-0.4, -0.2) is 29.8 Å². The van der Waals surface area contributed by atoms with E-state index in [0.717, 1.165) is 31.2 Å². The number of hydrogen-bond acceptors (Lipinski definition) is 2. The molecule has 0 amide bonds. The predicted octanol–water partition coefficient (Wildman–Crippen LogP) is 4.11. The van der Waals surface area contributed by atoms with E-state index < -0.39 is 12.0 Å². The minimum Gasteiger partial charge on any atom is -0.382 e. The second-order valence-corrected chi connectivity index (χ2v) is 5.24. The molecule has 0 aliphatic rings. The number of hydrogen-bond donors (Lipinski definition) is 1. The molecule has 0 spiro atoms. The van der Waals surface area contributed by atoms with Gasteiger partial charge in [0.2, 0.25) is 0 Å². The maximum atomic E-state index is 12.3. The average molecular weight is 285 g/mol. The minimum atomic E-state index is -2.80. The molecule has 0 aromatic heterocycles. The Labute approximate surface area is 113 Å². The van der Waals surface area contributed by atoms with Gasteiger partial charge in [0.25, 0.3) is 6.43 Å². The van der Waals surface area contributed by atoms with Crippen molar-refractivity contribution >= 4 is 11.6 Å². The molecule has 108 valence electrons. The first-order chi connectivity index (χ1) is 8.29. The van der Waals surface area contributed by atoms with Gasteiger partial charge in [-0.1, -0.05) is 31.0 Å². The molecule has 0 aliphatic carbocycles. The molecule has 2 nitrogen and oxygen atoms in total. The maximum Gasteiger partial charge on any atom is 0.268 e. The number of halogens is 3. The van der Waals surface area contributed by atoms with Gasteiger partial charge in [0.1, 0.15) is 5.60 Å². The van der Waals surface area contributed by atoms with Gasteiger partial charge in [-0.15, -0.1) is 0 Å². The first kappa shape index (κ1) is 17.8. The van der Waals surface area contributed by atoms with Crippen LogP contribution in [0.25, 0.3) is 0 Å². The lowest BCUT2D eigenvalue weighted by Gasteiger charge is -2.24. The predicted molar refractivity (Wildman–Crippen MR) is 70.1 cm³/mol. The molecule has 0 rings (SSSR count). The Bertz CT molecular complexity index is 255. The summed E-state index contributed by atoms with van der Waals surface area (Å²) in [5.41, 5.74) is -2.08. The molecular formula is C13H23ClF2O2. The van der Waals surface area contributed by atoms with E-state index in [1.807, 2.05) is 13.0 Å². The maximum absolute atomic E-state index is 12.3. The second kappa shape index (κ2) is 8.83. The fourth-order valence-electron chi connectivity index (χ4n) is 1.27. The second-order valence-electron chi connectivity index (χ2n) is 4.76. The molecule has 0 fully saturated rings. The summed E-state index contributed by atoms with van der Waals surface area (Å²) < 4.78 is 29.9. The smallest absolute Gasteiger partial charge is 0.268 e. The van der Waals surface area contributed by atoms with Gasteiger partial charge in [0, 0.05) is 5.03 Å². The van der Waals surface area contributed by atoms with Crippen LogP contribution in [0.15, 0.2) is 11.1 Å². The fraction of sp³-hybridized carbons (Fsp3) is 0.846. The van der Waals surface area contributed by atoms with Gasteiger partial charge in [-0.25, -0.2) is 8.78 Å². The Balaban J connectivity index is 3.85. The molecule has 0 bridgehead atoms. The highest BCUT2D eigenvalue weighted by atomic mass is 35.5. The van der Waals surface area contributed by atoms with E-state index in [1.165, 1.54) is 0 Å². The molecule has 5 heteroatoms. The highest BCUT2D eigenvalue weighted by Gasteiger charge is 2.32. The first-order valence-corrected chi connectivity index (χ1v) is 6.64. The van der Waals surface area contributed by atoms with Crippen molar-refractivity contribution in [3.05, 3.63) is 11.1 Å². The monoisotopic (exact) mass is 284 g/mol. The van der Waals surface area contributed by atoms with Gasteiger partial charge in [0.05, 0.1) is 12.7 Å². The Morgan fingerprint density at radius 3 is 2.61 bits per heavy atom. The molecule has 1 N–H and O–H groups in total. The Morgan fingerprint density at radius 1 is 1.50 bits per heavy atom. The topological polar surface area (TPSA) is 29.5 Å². The van der Waals surface area contributed by atoms with Gasteiger partial charge < -0.3 is 9.84 Å². The largest absolute Gasteiger partial charge is 0.382 e. The highest BCUT2D eigenvalue weighted by molar-refractivity contribution is 6.29. The quantitative estimate of drug-likeness (QED) is 0.690. The summed E-state index contributed by atoms with van der Waals surface area (Å²) in [6.07, 6.45) is 2.24. The summed E-state index contributed by atoms with van der Waals surface area (Å²) in [6, 6.07) is 0. The SMILES string of the molecule is CCC/C(Cl)=C\CCC(C)OCC(C)(O)C(F)F. The first-order valence-electron chi connectivity index (χ1n) is 6.26. The molecule has 0 aromatic rings. The van der Waals surface area contributed by atoms with Crippen molar-refractivity contribution in [3.63, 3.8) is 0 Å². The third kappa shape index (κ3) is 8.01. The minimum absolute atomic E-state index is 0.183. The third-order valence-corrected chi connectivity index (χ3v) is 2.90. The molecule has 0 saturated heterocycles. The molecule has 0 aromatic carbocycles. The molecular weight excluding hydrogens is 262 g/mol. The Hall–Kier alpha value is -0.190. The standard InChI is InChI=1S/C13H23ClF2O2/c1-4-6-11(14)8-5-7-10(2)18-9-13(3,17)12(15)16/h8,10,12,17H,4-7,9H2,1-3H3/b11-8+. The van der Waals surface area contributed by atoms with Crippen LogP contribution in [0.3, 0.4) is 0 Å². The summed E-state index contributed by atoms with van der Waals surface area (Å²) in [7, 11) is 0. The van der Waals surface area contributed by atoms with Gasteiger partial charge in [-0.3, -0.25) is 0 Å². The Kier molecular flexibility index (Phi) is 8.74. The molecule has 18 heavy (non-hydrogen) atoms. The van der Waals surface area contributed by atoms with Crippen molar-refractivity contribution in [2.24, 2.45) is 0 Å². The van der Waals surface area contributed by atoms with Crippen LogP contribution in [0.2, 0.25) is 0 Å². The zero-order chi connectivity index (χ0) is 14.2. The van der Waals surface area contributed by atoms with E-state index in [9.17, 15) is 13.9 Å². The summed E-state index contributed by atoms with van der Waals surface area (Å²) in [6.45, 7) is 4.55. The van der Waals surface area contributed by atoms with Crippen LogP contribution in [0.5, 0.6) is 0 Å². The van der Waals surface area contributed by atoms with Gasteiger partial charge in [0.15, 0.2) is 0 Å². The van der Waals surface area contributed by atoms with Crippen LogP contribution in [-0.2, 0) is 4.74 Å². The van der Waals surface area contributed by atoms with Crippen molar-refractivity contribution in [1.82, 2.24) is 0 Å². The molecule has 0 saturated carbocycles. The van der Waals surface area contributed by atoms with Crippen LogP contribution in [0, 0.1) is 0 Å². The molecule has 2 unspecified atom stereocenters. The van der Waals surface area contributed by atoms with E-state index in [4.69, 9.17) is 16.3 Å². The van der Waals surface area contributed by atoms with Crippen LogP contribution < -0.4 is 0 Å². The van der Waals surface area contributed by atoms with E-state index in [2.05, 4.69) is 0 Å². The fourth-order valence-corrected chi connectivity index (χ4v) is 1.57. The van der Waals surface area contributed by atoms with E-state index in [0.29, 0.717) is 6.42 Å². The van der Waals surface area contributed by atoms with Gasteiger partial charge in [-0.05, 0) is 33.1 Å². The normalized spacial score (nSPS) is 17.9. The van der Waals surface area contributed by atoms with Crippen molar-refractivity contribution in [2.45, 2.75) is 64.6 Å². The molecule has 0 radical (unpaired) electrons. The molecule has 2 atom stereocenters. The number of ether oxygens (including phenoxy) is 1. The van der Waals surface area contributed by atoms with Crippen molar-refractivity contribution in [3.8, 4) is 0 Å². The number of rotatable bonds is 9. The summed E-state index contributed by atoms with van der Waals surface area (Å²) in [4.78, 5) is 0. The van der Waals surface area contributed by atoms with E-state index in [1.54, 1.807) is 6.92 Å². The Morgan fingerprint density at radius 2 is 2.11 bits per heavy atom. The lowest BCUT2D eigenvalue weighted by atomic mass is 10.1. The van der Waals surface area contributed by atoms with Crippen LogP contribution >= 0.6 is 11.6 Å². The van der Waals surface area contributed by atoms with Crippen LogP contribution in [0.1, 0.15) is 46.5 Å². The molecule has 0 aliphatic heterocycles. The zero-order valence-electron chi connectivity index (χ0n) is 11.3. The highest BCUT2D eigenvalue weighted by Crippen LogP contribution is 2.17. The third-order valence-electron chi connectivity index (χ3n) is 2.56. The average Bonchev–Trinajstić information content (AvgIpc) is 2.26. The van der Waals surface area contributed by atoms with Crippen LogP contribution in [0.4, 0.5) is 8.78 Å². The molecule has 0 heterocycles. The van der Waals surface area contributed by atoms with Gasteiger partial charge in [-0.2, -0.15) is 0 Å². The lowest BCUT2D eigenvalue weighted by molar-refractivity contribution is -0.136. The zero-order valence-corrected chi connectivity index (χ0v) is 12.0. The van der Waals surface area contributed by atoms with Gasteiger partial charge >= 0.3 is 0 Å².